The van der Waals surface area contributed by atoms with Crippen LogP contribution in [0.1, 0.15) is 16.1 Å². The Bertz CT molecular complexity index is 1040. The Hall–Kier alpha value is -3.32. The number of ether oxygens (including phenoxy) is 2. The lowest BCUT2D eigenvalue weighted by Crippen LogP contribution is -2.15. The maximum atomic E-state index is 12.6. The number of aromatic nitrogens is 2. The summed E-state index contributed by atoms with van der Waals surface area (Å²) in [6.45, 7) is 2.94. The molecule has 0 saturated carbocycles. The van der Waals surface area contributed by atoms with E-state index in [0.717, 1.165) is 11.3 Å². The van der Waals surface area contributed by atoms with Gasteiger partial charge >= 0.3 is 0 Å². The Balaban J connectivity index is 1.51. The Kier molecular flexibility index (Phi) is 4.99. The molecule has 8 heteroatoms. The summed E-state index contributed by atoms with van der Waals surface area (Å²) in [5.74, 6) is 1.51. The van der Waals surface area contributed by atoms with Gasteiger partial charge in [-0.1, -0.05) is 17.7 Å². The third kappa shape index (κ3) is 3.99. The van der Waals surface area contributed by atoms with Gasteiger partial charge in [0.15, 0.2) is 11.5 Å². The molecule has 0 saturated heterocycles. The van der Waals surface area contributed by atoms with Crippen LogP contribution in [0.25, 0.3) is 0 Å². The van der Waals surface area contributed by atoms with Gasteiger partial charge in [0.25, 0.3) is 5.91 Å². The molecule has 0 fully saturated rings. The molecule has 0 bridgehead atoms. The van der Waals surface area contributed by atoms with Crippen LogP contribution in [0.15, 0.2) is 48.8 Å². The summed E-state index contributed by atoms with van der Waals surface area (Å²) in [6.07, 6.45) is 1.33. The van der Waals surface area contributed by atoms with Crippen LogP contribution >= 0.6 is 11.6 Å². The van der Waals surface area contributed by atoms with E-state index < -0.39 is 0 Å². The number of benzene rings is 2. The largest absolute Gasteiger partial charge is 0.486 e. The van der Waals surface area contributed by atoms with Crippen LogP contribution in [0.3, 0.4) is 0 Å². The number of hydrogen-bond donors (Lipinski definition) is 2. The summed E-state index contributed by atoms with van der Waals surface area (Å²) in [6, 6.07) is 12.4. The first kappa shape index (κ1) is 18.1. The van der Waals surface area contributed by atoms with E-state index >= 15 is 0 Å². The maximum absolute atomic E-state index is 12.6. The molecule has 0 atom stereocenters. The summed E-state index contributed by atoms with van der Waals surface area (Å²) >= 11 is 6.01. The highest BCUT2D eigenvalue weighted by atomic mass is 35.5. The Morgan fingerprint density at radius 1 is 1.04 bits per heavy atom. The number of halogens is 1. The first-order valence-electron chi connectivity index (χ1n) is 8.65. The van der Waals surface area contributed by atoms with Crippen LogP contribution in [0.2, 0.25) is 5.02 Å². The van der Waals surface area contributed by atoms with Gasteiger partial charge in [0, 0.05) is 28.5 Å². The number of carbonyl (C=O) groups excluding carboxylic acids is 1. The molecule has 1 amide bonds. The molecular weight excluding hydrogens is 380 g/mol. The average molecular weight is 397 g/mol. The fraction of sp³-hybridized carbons (Fsp3) is 0.150. The molecule has 28 heavy (non-hydrogen) atoms. The Labute approximate surface area is 166 Å². The van der Waals surface area contributed by atoms with Gasteiger partial charge in [-0.05, 0) is 36.8 Å². The molecule has 142 valence electrons. The molecule has 7 nitrogen and oxygen atoms in total. The molecule has 2 N–H and O–H groups in total. The summed E-state index contributed by atoms with van der Waals surface area (Å²) in [4.78, 5) is 20.8. The molecule has 4 rings (SSSR count). The van der Waals surface area contributed by atoms with Crippen molar-refractivity contribution in [3.8, 4) is 11.5 Å². The lowest BCUT2D eigenvalue weighted by atomic mass is 10.2. The number of aryl methyl sites for hydroxylation is 1. The van der Waals surface area contributed by atoms with E-state index in [0.29, 0.717) is 41.2 Å². The van der Waals surface area contributed by atoms with Crippen LogP contribution in [0, 0.1) is 6.92 Å². The van der Waals surface area contributed by atoms with E-state index in [2.05, 4.69) is 20.6 Å². The quantitative estimate of drug-likeness (QED) is 0.687. The van der Waals surface area contributed by atoms with Gasteiger partial charge in [-0.3, -0.25) is 4.79 Å². The standard InChI is InChI=1S/C20H17ClN4O3/c1-12-2-3-13(21)8-15(12)25-20(26)16-10-19(23-11-22-16)24-14-4-5-17-18(9-14)28-7-6-27-17/h2-5,8-11H,6-7H2,1H3,(H,25,26)(H,22,23,24). The second-order valence-corrected chi connectivity index (χ2v) is 6.62. The molecule has 0 spiro atoms. The topological polar surface area (TPSA) is 85.4 Å². The van der Waals surface area contributed by atoms with Crippen molar-refractivity contribution in [2.45, 2.75) is 6.92 Å². The van der Waals surface area contributed by atoms with E-state index in [4.69, 9.17) is 21.1 Å². The van der Waals surface area contributed by atoms with Crippen molar-refractivity contribution in [2.75, 3.05) is 23.8 Å². The third-order valence-corrected chi connectivity index (χ3v) is 4.40. The van der Waals surface area contributed by atoms with E-state index in [1.807, 2.05) is 31.2 Å². The zero-order valence-corrected chi connectivity index (χ0v) is 15.8. The zero-order valence-electron chi connectivity index (χ0n) is 15.0. The van der Waals surface area contributed by atoms with Crippen molar-refractivity contribution in [3.05, 3.63) is 65.1 Å². The first-order valence-corrected chi connectivity index (χ1v) is 9.02. The van der Waals surface area contributed by atoms with Gasteiger partial charge in [-0.2, -0.15) is 0 Å². The highest BCUT2D eigenvalue weighted by molar-refractivity contribution is 6.31. The Morgan fingerprint density at radius 2 is 1.86 bits per heavy atom. The van der Waals surface area contributed by atoms with Crippen LogP contribution in [0.5, 0.6) is 11.5 Å². The summed E-state index contributed by atoms with van der Waals surface area (Å²) < 4.78 is 11.1. The number of anilines is 3. The summed E-state index contributed by atoms with van der Waals surface area (Å²) in [5, 5.41) is 6.51. The maximum Gasteiger partial charge on any atom is 0.274 e. The molecule has 0 radical (unpaired) electrons. The summed E-state index contributed by atoms with van der Waals surface area (Å²) in [5.41, 5.74) is 2.54. The van der Waals surface area contributed by atoms with Crippen LogP contribution < -0.4 is 20.1 Å². The highest BCUT2D eigenvalue weighted by Crippen LogP contribution is 2.33. The molecule has 2 heterocycles. The molecule has 0 unspecified atom stereocenters. The van der Waals surface area contributed by atoms with E-state index in [9.17, 15) is 4.79 Å². The molecule has 2 aromatic carbocycles. The van der Waals surface area contributed by atoms with Crippen molar-refractivity contribution < 1.29 is 14.3 Å². The number of carbonyl (C=O) groups is 1. The fourth-order valence-corrected chi connectivity index (χ4v) is 2.91. The lowest BCUT2D eigenvalue weighted by Gasteiger charge is -2.19. The highest BCUT2D eigenvalue weighted by Gasteiger charge is 2.14. The van der Waals surface area contributed by atoms with Crippen molar-refractivity contribution in [1.82, 2.24) is 9.97 Å². The zero-order chi connectivity index (χ0) is 19.5. The second-order valence-electron chi connectivity index (χ2n) is 6.19. The molecule has 1 aromatic heterocycles. The number of fused-ring (bicyclic) bond motifs is 1. The predicted octanol–water partition coefficient (Wildman–Crippen LogP) is 4.21. The fourth-order valence-electron chi connectivity index (χ4n) is 2.73. The minimum Gasteiger partial charge on any atom is -0.486 e. The van der Waals surface area contributed by atoms with Crippen LogP contribution in [-0.4, -0.2) is 29.1 Å². The van der Waals surface area contributed by atoms with Crippen molar-refractivity contribution in [3.63, 3.8) is 0 Å². The molecule has 3 aromatic rings. The van der Waals surface area contributed by atoms with Gasteiger partial charge < -0.3 is 20.1 Å². The van der Waals surface area contributed by atoms with Gasteiger partial charge in [0.1, 0.15) is 31.1 Å². The van der Waals surface area contributed by atoms with Crippen molar-refractivity contribution >= 4 is 34.7 Å². The van der Waals surface area contributed by atoms with Crippen LogP contribution in [0.4, 0.5) is 17.2 Å². The van der Waals surface area contributed by atoms with Gasteiger partial charge in [0.2, 0.25) is 0 Å². The van der Waals surface area contributed by atoms with E-state index in [1.165, 1.54) is 6.33 Å². The minimum absolute atomic E-state index is 0.231. The minimum atomic E-state index is -0.349. The normalized spacial score (nSPS) is 12.4. The van der Waals surface area contributed by atoms with Gasteiger partial charge in [-0.15, -0.1) is 0 Å². The molecular formula is C20H17ClN4O3. The lowest BCUT2D eigenvalue weighted by molar-refractivity contribution is 0.102. The number of amides is 1. The summed E-state index contributed by atoms with van der Waals surface area (Å²) in [7, 11) is 0. The SMILES string of the molecule is Cc1ccc(Cl)cc1NC(=O)c1cc(Nc2ccc3c(c2)OCCO3)ncn1. The number of nitrogens with one attached hydrogen (secondary N) is 2. The van der Waals surface area contributed by atoms with Gasteiger partial charge in [0.05, 0.1) is 0 Å². The van der Waals surface area contributed by atoms with Crippen LogP contribution in [-0.2, 0) is 0 Å². The monoisotopic (exact) mass is 396 g/mol. The number of nitrogens with zero attached hydrogens (tertiary/aromatic N) is 2. The van der Waals surface area contributed by atoms with Gasteiger partial charge in [-0.25, -0.2) is 9.97 Å². The molecule has 0 aliphatic carbocycles. The average Bonchev–Trinajstić information content (AvgIpc) is 2.71. The van der Waals surface area contributed by atoms with Crippen molar-refractivity contribution in [1.29, 1.82) is 0 Å². The number of hydrogen-bond acceptors (Lipinski definition) is 6. The second kappa shape index (κ2) is 7.74. The molecule has 1 aliphatic rings. The smallest absolute Gasteiger partial charge is 0.274 e. The van der Waals surface area contributed by atoms with Crippen molar-refractivity contribution in [2.24, 2.45) is 0 Å². The third-order valence-electron chi connectivity index (χ3n) is 4.16. The van der Waals surface area contributed by atoms with E-state index in [-0.39, 0.29) is 11.6 Å². The first-order chi connectivity index (χ1) is 13.6. The van der Waals surface area contributed by atoms with E-state index in [1.54, 1.807) is 18.2 Å². The number of rotatable bonds is 4. The molecule has 1 aliphatic heterocycles. The predicted molar refractivity (Wildman–Crippen MR) is 107 cm³/mol. The Morgan fingerprint density at radius 3 is 2.71 bits per heavy atom.